The fourth-order valence-corrected chi connectivity index (χ4v) is 3.13. The van der Waals surface area contributed by atoms with Crippen LogP contribution in [0.2, 0.25) is 0 Å². The molecule has 8 nitrogen and oxygen atoms in total. The smallest absolute Gasteiger partial charge is 0.260 e. The maximum absolute atomic E-state index is 12.2. The Hall–Kier alpha value is -2.55. The number of nitrogens with zero attached hydrogens (tertiary/aromatic N) is 5. The fraction of sp³-hybridized carbons (Fsp3) is 0.500. The van der Waals surface area contributed by atoms with Gasteiger partial charge in [0.1, 0.15) is 0 Å². The van der Waals surface area contributed by atoms with Crippen LogP contribution in [0.1, 0.15) is 39.1 Å². The summed E-state index contributed by atoms with van der Waals surface area (Å²) in [6.45, 7) is 9.60. The third-order valence-electron chi connectivity index (χ3n) is 4.23. The molecule has 0 aliphatic heterocycles. The van der Waals surface area contributed by atoms with Crippen LogP contribution in [0.5, 0.6) is 11.5 Å². The standard InChI is InChI=1S/C20H29N5O3S/c1-6-18-22-23-20(29-5)25(18)21-13-15-10-11-16(17(12-15)27-9-4)28-14-19(26)24(7-2)8-3/h10-13H,6-9,14H2,1-5H3/b21-13-. The number of rotatable bonds is 11. The van der Waals surface area contributed by atoms with E-state index in [1.807, 2.05) is 46.1 Å². The molecule has 0 aliphatic rings. The van der Waals surface area contributed by atoms with Crippen molar-refractivity contribution in [3.8, 4) is 11.5 Å². The number of likely N-dealkylation sites (N-methyl/N-ethyl adjacent to an activating group) is 1. The zero-order valence-corrected chi connectivity index (χ0v) is 18.5. The molecule has 2 rings (SSSR count). The molecule has 1 aromatic carbocycles. The number of ether oxygens (including phenoxy) is 2. The highest BCUT2D eigenvalue weighted by Crippen LogP contribution is 2.28. The van der Waals surface area contributed by atoms with Gasteiger partial charge >= 0.3 is 0 Å². The second-order valence-corrected chi connectivity index (χ2v) is 6.78. The number of carbonyl (C=O) groups excluding carboxylic acids is 1. The SMILES string of the molecule is CCOc1cc(/C=N\n2c(CC)nnc2SC)ccc1OCC(=O)N(CC)CC. The van der Waals surface area contributed by atoms with Gasteiger partial charge in [-0.05, 0) is 50.8 Å². The Balaban J connectivity index is 2.19. The molecule has 0 radical (unpaired) electrons. The molecule has 0 bridgehead atoms. The van der Waals surface area contributed by atoms with Gasteiger partial charge in [0, 0.05) is 19.5 Å². The van der Waals surface area contributed by atoms with Crippen LogP contribution in [-0.4, -0.2) is 64.5 Å². The van der Waals surface area contributed by atoms with E-state index in [0.717, 1.165) is 23.0 Å². The molecular formula is C20H29N5O3S. The summed E-state index contributed by atoms with van der Waals surface area (Å²) in [5, 5.41) is 13.5. The molecule has 1 heterocycles. The summed E-state index contributed by atoms with van der Waals surface area (Å²) in [5.41, 5.74) is 0.846. The molecule has 0 saturated carbocycles. The third kappa shape index (κ3) is 5.96. The summed E-state index contributed by atoms with van der Waals surface area (Å²) in [4.78, 5) is 13.9. The summed E-state index contributed by atoms with van der Waals surface area (Å²) in [6.07, 6.45) is 4.41. The van der Waals surface area contributed by atoms with E-state index in [0.29, 0.717) is 31.2 Å². The van der Waals surface area contributed by atoms with Crippen molar-refractivity contribution < 1.29 is 14.3 Å². The van der Waals surface area contributed by atoms with Crippen LogP contribution in [0.15, 0.2) is 28.5 Å². The average Bonchev–Trinajstić information content (AvgIpc) is 3.14. The van der Waals surface area contributed by atoms with Crippen LogP contribution in [0.4, 0.5) is 0 Å². The lowest BCUT2D eigenvalue weighted by molar-refractivity contribution is -0.132. The van der Waals surface area contributed by atoms with Crippen LogP contribution >= 0.6 is 11.8 Å². The first-order chi connectivity index (χ1) is 14.1. The largest absolute Gasteiger partial charge is 0.490 e. The summed E-state index contributed by atoms with van der Waals surface area (Å²) in [6, 6.07) is 5.52. The summed E-state index contributed by atoms with van der Waals surface area (Å²) in [5.74, 6) is 1.86. The predicted octanol–water partition coefficient (Wildman–Crippen LogP) is 3.09. The lowest BCUT2D eigenvalue weighted by atomic mass is 10.2. The van der Waals surface area contributed by atoms with Crippen LogP contribution < -0.4 is 9.47 Å². The van der Waals surface area contributed by atoms with Crippen molar-refractivity contribution in [1.29, 1.82) is 0 Å². The number of carbonyl (C=O) groups is 1. The van der Waals surface area contributed by atoms with Gasteiger partial charge in [0.2, 0.25) is 5.16 Å². The normalized spacial score (nSPS) is 11.1. The van der Waals surface area contributed by atoms with E-state index in [1.54, 1.807) is 21.9 Å². The number of aromatic nitrogens is 3. The van der Waals surface area contributed by atoms with Crippen molar-refractivity contribution >= 4 is 23.9 Å². The molecule has 1 aromatic heterocycles. The van der Waals surface area contributed by atoms with Gasteiger partial charge in [0.05, 0.1) is 12.8 Å². The van der Waals surface area contributed by atoms with Gasteiger partial charge in [-0.3, -0.25) is 4.79 Å². The van der Waals surface area contributed by atoms with Gasteiger partial charge < -0.3 is 14.4 Å². The lowest BCUT2D eigenvalue weighted by Crippen LogP contribution is -2.34. The van der Waals surface area contributed by atoms with Crippen molar-refractivity contribution in [3.63, 3.8) is 0 Å². The Bertz CT molecular complexity index is 812. The summed E-state index contributed by atoms with van der Waals surface area (Å²) >= 11 is 1.49. The van der Waals surface area contributed by atoms with Crippen LogP contribution in [0.3, 0.4) is 0 Å². The van der Waals surface area contributed by atoms with Crippen molar-refractivity contribution in [2.45, 2.75) is 39.3 Å². The summed E-state index contributed by atoms with van der Waals surface area (Å²) < 4.78 is 13.2. The van der Waals surface area contributed by atoms with E-state index in [-0.39, 0.29) is 12.5 Å². The second kappa shape index (κ2) is 11.5. The van der Waals surface area contributed by atoms with Crippen molar-refractivity contribution in [1.82, 2.24) is 19.8 Å². The Labute approximate surface area is 176 Å². The molecule has 0 saturated heterocycles. The number of benzene rings is 1. The van der Waals surface area contributed by atoms with Gasteiger partial charge in [0.15, 0.2) is 23.9 Å². The Kier molecular flexibility index (Phi) is 8.98. The second-order valence-electron chi connectivity index (χ2n) is 6.01. The Morgan fingerprint density at radius 1 is 1.17 bits per heavy atom. The number of thioether (sulfide) groups is 1. The van der Waals surface area contributed by atoms with Gasteiger partial charge in [-0.25, -0.2) is 0 Å². The molecule has 2 aromatic rings. The molecular weight excluding hydrogens is 390 g/mol. The van der Waals surface area contributed by atoms with E-state index >= 15 is 0 Å². The first kappa shape index (κ1) is 22.7. The zero-order valence-electron chi connectivity index (χ0n) is 17.7. The fourth-order valence-electron chi connectivity index (χ4n) is 2.68. The van der Waals surface area contributed by atoms with Crippen molar-refractivity contribution in [2.24, 2.45) is 5.10 Å². The van der Waals surface area contributed by atoms with Gasteiger partial charge in [0.25, 0.3) is 5.91 Å². The van der Waals surface area contributed by atoms with E-state index in [1.165, 1.54) is 11.8 Å². The molecule has 0 unspecified atom stereocenters. The lowest BCUT2D eigenvalue weighted by Gasteiger charge is -2.19. The number of hydrogen-bond donors (Lipinski definition) is 0. The number of aryl methyl sites for hydroxylation is 1. The van der Waals surface area contributed by atoms with Crippen molar-refractivity contribution in [2.75, 3.05) is 32.6 Å². The number of hydrogen-bond acceptors (Lipinski definition) is 7. The highest BCUT2D eigenvalue weighted by molar-refractivity contribution is 7.98. The highest BCUT2D eigenvalue weighted by Gasteiger charge is 2.13. The van der Waals surface area contributed by atoms with E-state index in [4.69, 9.17) is 9.47 Å². The van der Waals surface area contributed by atoms with Crippen LogP contribution in [0.25, 0.3) is 0 Å². The summed E-state index contributed by atoms with van der Waals surface area (Å²) in [7, 11) is 0. The van der Waals surface area contributed by atoms with Gasteiger partial charge in [-0.1, -0.05) is 18.7 Å². The Morgan fingerprint density at radius 2 is 1.93 bits per heavy atom. The average molecular weight is 420 g/mol. The molecule has 0 fully saturated rings. The van der Waals surface area contributed by atoms with E-state index < -0.39 is 0 Å². The molecule has 0 atom stereocenters. The minimum atomic E-state index is -0.0487. The first-order valence-electron chi connectivity index (χ1n) is 9.77. The molecule has 0 spiro atoms. The molecule has 9 heteroatoms. The van der Waals surface area contributed by atoms with Crippen LogP contribution in [-0.2, 0) is 11.2 Å². The molecule has 158 valence electrons. The van der Waals surface area contributed by atoms with Crippen LogP contribution in [0, 0.1) is 0 Å². The molecule has 0 N–H and O–H groups in total. The van der Waals surface area contributed by atoms with E-state index in [2.05, 4.69) is 15.3 Å². The minimum Gasteiger partial charge on any atom is -0.490 e. The predicted molar refractivity (Wildman–Crippen MR) is 115 cm³/mol. The zero-order chi connectivity index (χ0) is 21.2. The van der Waals surface area contributed by atoms with E-state index in [9.17, 15) is 4.79 Å². The molecule has 29 heavy (non-hydrogen) atoms. The van der Waals surface area contributed by atoms with Gasteiger partial charge in [-0.2, -0.15) is 9.78 Å². The minimum absolute atomic E-state index is 0.0210. The monoisotopic (exact) mass is 419 g/mol. The quantitative estimate of drug-likeness (QED) is 0.411. The maximum Gasteiger partial charge on any atom is 0.260 e. The third-order valence-corrected chi connectivity index (χ3v) is 4.85. The Morgan fingerprint density at radius 3 is 2.55 bits per heavy atom. The molecule has 1 amide bonds. The number of amides is 1. The topological polar surface area (TPSA) is 81.8 Å². The van der Waals surface area contributed by atoms with Crippen molar-refractivity contribution in [3.05, 3.63) is 29.6 Å². The molecule has 0 aliphatic carbocycles. The first-order valence-corrected chi connectivity index (χ1v) is 11.0. The maximum atomic E-state index is 12.2. The van der Waals surface area contributed by atoms with Gasteiger partial charge in [-0.15, -0.1) is 10.2 Å². The highest BCUT2D eigenvalue weighted by atomic mass is 32.2.